The summed E-state index contributed by atoms with van der Waals surface area (Å²) in [6, 6.07) is 2.90. The van der Waals surface area contributed by atoms with Gasteiger partial charge in [0, 0.05) is 6.07 Å². The van der Waals surface area contributed by atoms with E-state index in [-0.39, 0.29) is 12.2 Å². The molecule has 3 N–H and O–H groups in total. The van der Waals surface area contributed by atoms with E-state index in [9.17, 15) is 13.6 Å². The summed E-state index contributed by atoms with van der Waals surface area (Å²) in [6.07, 6.45) is 1.54. The van der Waals surface area contributed by atoms with Crippen LogP contribution in [0.15, 0.2) is 24.4 Å². The van der Waals surface area contributed by atoms with Crippen molar-refractivity contribution in [3.8, 4) is 0 Å². The van der Waals surface area contributed by atoms with E-state index in [0.717, 1.165) is 12.1 Å². The number of carbonyl (C=O) groups excluding carboxylic acids is 1. The zero-order valence-electron chi connectivity index (χ0n) is 11.6. The van der Waals surface area contributed by atoms with Crippen LogP contribution in [0.2, 0.25) is 0 Å². The second-order valence-electron chi connectivity index (χ2n) is 5.20. The Labute approximate surface area is 119 Å². The van der Waals surface area contributed by atoms with Crippen molar-refractivity contribution in [3.63, 3.8) is 0 Å². The summed E-state index contributed by atoms with van der Waals surface area (Å²) in [5.74, 6) is -2.06. The van der Waals surface area contributed by atoms with E-state index in [1.54, 1.807) is 20.0 Å². The number of rotatable bonds is 4. The maximum absolute atomic E-state index is 13.4. The topological polar surface area (TPSA) is 85.8 Å². The molecule has 1 aromatic heterocycles. The highest BCUT2D eigenvalue weighted by Gasteiger charge is 2.19. The van der Waals surface area contributed by atoms with Crippen LogP contribution < -0.4 is 11.1 Å². The Morgan fingerprint density at radius 2 is 2.14 bits per heavy atom. The number of anilines is 1. The molecule has 8 heteroatoms. The third kappa shape index (κ3) is 3.82. The summed E-state index contributed by atoms with van der Waals surface area (Å²) in [6.45, 7) is 3.37. The Kier molecular flexibility index (Phi) is 3.99. The van der Waals surface area contributed by atoms with Crippen LogP contribution in [0.4, 0.5) is 14.5 Å². The highest BCUT2D eigenvalue weighted by atomic mass is 19.1. The van der Waals surface area contributed by atoms with Gasteiger partial charge in [0.2, 0.25) is 5.91 Å². The monoisotopic (exact) mass is 295 g/mol. The number of benzene rings is 1. The van der Waals surface area contributed by atoms with Gasteiger partial charge in [-0.15, -0.1) is 5.10 Å². The molecule has 0 unspecified atom stereocenters. The Bertz CT molecular complexity index is 663. The van der Waals surface area contributed by atoms with Gasteiger partial charge < -0.3 is 11.1 Å². The zero-order valence-corrected chi connectivity index (χ0v) is 11.6. The van der Waals surface area contributed by atoms with Crippen LogP contribution in [0.5, 0.6) is 0 Å². The standard InChI is InChI=1S/C13H15F2N5O/c1-13(2,16)11-6-20(19-18-11)7-12(21)17-10-4-3-8(14)5-9(10)15/h3-6H,7,16H2,1-2H3,(H,17,21). The molecule has 0 aliphatic carbocycles. The van der Waals surface area contributed by atoms with Crippen molar-refractivity contribution in [2.24, 2.45) is 5.73 Å². The second-order valence-corrected chi connectivity index (χ2v) is 5.20. The number of amides is 1. The predicted octanol–water partition coefficient (Wildman–Crippen LogP) is 1.39. The molecule has 0 fully saturated rings. The molecule has 0 radical (unpaired) electrons. The zero-order chi connectivity index (χ0) is 15.6. The molecule has 2 aromatic rings. The lowest BCUT2D eigenvalue weighted by Crippen LogP contribution is -2.29. The maximum atomic E-state index is 13.4. The number of hydrogen-bond acceptors (Lipinski definition) is 4. The van der Waals surface area contributed by atoms with Gasteiger partial charge in [0.1, 0.15) is 23.9 Å². The number of halogens is 2. The van der Waals surface area contributed by atoms with Crippen LogP contribution in [-0.4, -0.2) is 20.9 Å². The lowest BCUT2D eigenvalue weighted by molar-refractivity contribution is -0.117. The minimum absolute atomic E-state index is 0.0964. The van der Waals surface area contributed by atoms with E-state index < -0.39 is 23.1 Å². The lowest BCUT2D eigenvalue weighted by atomic mass is 10.0. The Balaban J connectivity index is 2.03. The fourth-order valence-electron chi connectivity index (χ4n) is 1.60. The molecule has 0 spiro atoms. The molecule has 21 heavy (non-hydrogen) atoms. The summed E-state index contributed by atoms with van der Waals surface area (Å²) >= 11 is 0. The predicted molar refractivity (Wildman–Crippen MR) is 72.2 cm³/mol. The highest BCUT2D eigenvalue weighted by molar-refractivity contribution is 5.90. The number of hydrogen-bond donors (Lipinski definition) is 2. The molecule has 1 heterocycles. The van der Waals surface area contributed by atoms with Crippen LogP contribution in [0.25, 0.3) is 0 Å². The molecule has 2 rings (SSSR count). The highest BCUT2D eigenvalue weighted by Crippen LogP contribution is 2.15. The van der Waals surface area contributed by atoms with E-state index in [1.807, 2.05) is 0 Å². The SMILES string of the molecule is CC(C)(N)c1cn(CC(=O)Nc2ccc(F)cc2F)nn1. The normalized spacial score (nSPS) is 11.5. The summed E-state index contributed by atoms with van der Waals surface area (Å²) < 4.78 is 27.5. The number of nitrogens with two attached hydrogens (primary N) is 1. The molecule has 0 atom stereocenters. The van der Waals surface area contributed by atoms with Gasteiger partial charge in [-0.05, 0) is 26.0 Å². The van der Waals surface area contributed by atoms with Crippen molar-refractivity contribution in [2.75, 3.05) is 5.32 Å². The summed E-state index contributed by atoms with van der Waals surface area (Å²) in [7, 11) is 0. The van der Waals surface area contributed by atoms with Crippen molar-refractivity contribution in [1.29, 1.82) is 0 Å². The molecular weight excluding hydrogens is 280 g/mol. The fourth-order valence-corrected chi connectivity index (χ4v) is 1.60. The van der Waals surface area contributed by atoms with Crippen LogP contribution >= 0.6 is 0 Å². The Hall–Kier alpha value is -2.35. The van der Waals surface area contributed by atoms with E-state index in [2.05, 4.69) is 15.6 Å². The molecule has 6 nitrogen and oxygen atoms in total. The number of aromatic nitrogens is 3. The quantitative estimate of drug-likeness (QED) is 0.892. The minimum Gasteiger partial charge on any atom is -0.322 e. The lowest BCUT2D eigenvalue weighted by Gasteiger charge is -2.13. The molecule has 0 saturated carbocycles. The van der Waals surface area contributed by atoms with Gasteiger partial charge in [-0.3, -0.25) is 4.79 Å². The second kappa shape index (κ2) is 5.57. The number of nitrogens with one attached hydrogen (secondary N) is 1. The average Bonchev–Trinajstić information content (AvgIpc) is 2.81. The first-order chi connectivity index (χ1) is 9.75. The molecule has 1 aromatic carbocycles. The summed E-state index contributed by atoms with van der Waals surface area (Å²) in [5.41, 5.74) is 5.62. The molecule has 1 amide bonds. The van der Waals surface area contributed by atoms with Crippen LogP contribution in [0, 0.1) is 11.6 Å². The summed E-state index contributed by atoms with van der Waals surface area (Å²) in [4.78, 5) is 11.8. The van der Waals surface area contributed by atoms with Crippen molar-refractivity contribution >= 4 is 11.6 Å². The molecular formula is C13H15F2N5O. The van der Waals surface area contributed by atoms with Crippen LogP contribution in [0.1, 0.15) is 19.5 Å². The first-order valence-corrected chi connectivity index (χ1v) is 6.20. The van der Waals surface area contributed by atoms with Crippen LogP contribution in [-0.2, 0) is 16.9 Å². The molecule has 0 saturated heterocycles. The van der Waals surface area contributed by atoms with Gasteiger partial charge in [-0.25, -0.2) is 13.5 Å². The Morgan fingerprint density at radius 1 is 1.43 bits per heavy atom. The van der Waals surface area contributed by atoms with E-state index >= 15 is 0 Å². The van der Waals surface area contributed by atoms with E-state index in [1.165, 1.54) is 4.68 Å². The molecule has 0 aliphatic rings. The van der Waals surface area contributed by atoms with E-state index in [4.69, 9.17) is 5.73 Å². The smallest absolute Gasteiger partial charge is 0.246 e. The minimum atomic E-state index is -0.842. The number of nitrogens with zero attached hydrogens (tertiary/aromatic N) is 3. The van der Waals surface area contributed by atoms with E-state index in [0.29, 0.717) is 11.8 Å². The van der Waals surface area contributed by atoms with Crippen LogP contribution in [0.3, 0.4) is 0 Å². The van der Waals surface area contributed by atoms with Gasteiger partial charge >= 0.3 is 0 Å². The molecule has 0 bridgehead atoms. The molecule has 0 aliphatic heterocycles. The molecule has 112 valence electrons. The fraction of sp³-hybridized carbons (Fsp3) is 0.308. The van der Waals surface area contributed by atoms with Gasteiger partial charge in [-0.1, -0.05) is 5.21 Å². The van der Waals surface area contributed by atoms with Gasteiger partial charge in [0.15, 0.2) is 0 Å². The third-order valence-corrected chi connectivity index (χ3v) is 2.71. The largest absolute Gasteiger partial charge is 0.322 e. The Morgan fingerprint density at radius 3 is 2.71 bits per heavy atom. The average molecular weight is 295 g/mol. The van der Waals surface area contributed by atoms with Gasteiger partial charge in [-0.2, -0.15) is 0 Å². The first-order valence-electron chi connectivity index (χ1n) is 6.20. The van der Waals surface area contributed by atoms with Crippen molar-refractivity contribution in [2.45, 2.75) is 25.9 Å². The van der Waals surface area contributed by atoms with Crippen molar-refractivity contribution in [3.05, 3.63) is 41.7 Å². The summed E-state index contributed by atoms with van der Waals surface area (Å²) in [5, 5.41) is 9.97. The van der Waals surface area contributed by atoms with Crippen molar-refractivity contribution in [1.82, 2.24) is 15.0 Å². The number of carbonyl (C=O) groups is 1. The van der Waals surface area contributed by atoms with Gasteiger partial charge in [0.05, 0.1) is 17.4 Å². The maximum Gasteiger partial charge on any atom is 0.246 e. The van der Waals surface area contributed by atoms with Gasteiger partial charge in [0.25, 0.3) is 0 Å². The first kappa shape index (κ1) is 15.0. The van der Waals surface area contributed by atoms with Crippen molar-refractivity contribution < 1.29 is 13.6 Å². The third-order valence-electron chi connectivity index (χ3n) is 2.71.